The molecule has 1 saturated carbocycles. The monoisotopic (exact) mass is 234 g/mol. The normalized spacial score (nSPS) is 20.5. The van der Waals surface area contributed by atoms with E-state index in [-0.39, 0.29) is 5.41 Å². The Balaban J connectivity index is 2.01. The summed E-state index contributed by atoms with van der Waals surface area (Å²) in [6.45, 7) is 0. The molecule has 0 unspecified atom stereocenters. The molecule has 3 rings (SSSR count). The number of thioether (sulfide) groups is 1. The zero-order valence-corrected chi connectivity index (χ0v) is 9.85. The number of hydrogen-bond donors (Lipinski definition) is 1. The third kappa shape index (κ3) is 1.54. The summed E-state index contributed by atoms with van der Waals surface area (Å²) in [6.07, 6.45) is 3.49. The second-order valence-electron chi connectivity index (χ2n) is 4.73. The minimum Gasteiger partial charge on any atom is -0.481 e. The van der Waals surface area contributed by atoms with Gasteiger partial charge in [0.25, 0.3) is 0 Å². The van der Waals surface area contributed by atoms with Crippen LogP contribution in [0.4, 0.5) is 0 Å². The van der Waals surface area contributed by atoms with Crippen LogP contribution in [0.3, 0.4) is 0 Å². The number of carboxylic acids is 1. The Morgan fingerprint density at radius 1 is 1.44 bits per heavy atom. The molecule has 1 aromatic carbocycles. The standard InChI is InChI=1S/C13H14O2S/c14-12(15)8-13(5-6-13)10-2-1-3-11-9(10)4-7-16-11/h1-3H,4-8H2,(H,14,15). The van der Waals surface area contributed by atoms with Crippen molar-refractivity contribution in [3.8, 4) is 0 Å². The van der Waals surface area contributed by atoms with E-state index in [2.05, 4.69) is 18.2 Å². The average molecular weight is 234 g/mol. The van der Waals surface area contributed by atoms with Gasteiger partial charge in [-0.1, -0.05) is 12.1 Å². The van der Waals surface area contributed by atoms with Crippen molar-refractivity contribution in [1.82, 2.24) is 0 Å². The van der Waals surface area contributed by atoms with Gasteiger partial charge in [0.2, 0.25) is 0 Å². The van der Waals surface area contributed by atoms with Crippen LogP contribution in [0.5, 0.6) is 0 Å². The van der Waals surface area contributed by atoms with Gasteiger partial charge in [0.05, 0.1) is 6.42 Å². The topological polar surface area (TPSA) is 37.3 Å². The van der Waals surface area contributed by atoms with Gasteiger partial charge in [-0.3, -0.25) is 4.79 Å². The van der Waals surface area contributed by atoms with Crippen molar-refractivity contribution < 1.29 is 9.90 Å². The number of carboxylic acid groups (broad SMARTS) is 1. The fourth-order valence-electron chi connectivity index (χ4n) is 2.70. The summed E-state index contributed by atoms with van der Waals surface area (Å²) in [5.74, 6) is 0.482. The Labute approximate surface area is 99.1 Å². The van der Waals surface area contributed by atoms with Crippen molar-refractivity contribution in [2.45, 2.75) is 36.0 Å². The molecule has 2 aliphatic rings. The Kier molecular flexibility index (Phi) is 2.25. The van der Waals surface area contributed by atoms with Crippen LogP contribution >= 0.6 is 11.8 Å². The summed E-state index contributed by atoms with van der Waals surface area (Å²) in [5.41, 5.74) is 2.71. The molecule has 1 fully saturated rings. The lowest BCUT2D eigenvalue weighted by atomic mass is 9.88. The van der Waals surface area contributed by atoms with E-state index in [1.807, 2.05) is 11.8 Å². The minimum absolute atomic E-state index is 0.0257. The zero-order chi connectivity index (χ0) is 11.2. The first-order valence-electron chi connectivity index (χ1n) is 5.68. The van der Waals surface area contributed by atoms with Crippen LogP contribution in [-0.2, 0) is 16.6 Å². The molecule has 0 amide bonds. The van der Waals surface area contributed by atoms with Gasteiger partial charge in [-0.2, -0.15) is 0 Å². The van der Waals surface area contributed by atoms with Gasteiger partial charge in [-0.05, 0) is 36.5 Å². The van der Waals surface area contributed by atoms with Crippen molar-refractivity contribution in [1.29, 1.82) is 0 Å². The number of fused-ring (bicyclic) bond motifs is 1. The fourth-order valence-corrected chi connectivity index (χ4v) is 3.79. The van der Waals surface area contributed by atoms with Gasteiger partial charge in [0.15, 0.2) is 0 Å². The molecule has 0 aromatic heterocycles. The van der Waals surface area contributed by atoms with E-state index >= 15 is 0 Å². The Morgan fingerprint density at radius 3 is 2.94 bits per heavy atom. The van der Waals surface area contributed by atoms with Crippen LogP contribution in [0, 0.1) is 0 Å². The highest BCUT2D eigenvalue weighted by molar-refractivity contribution is 7.99. The SMILES string of the molecule is O=C(O)CC1(c2cccc3c2CCS3)CC1. The summed E-state index contributed by atoms with van der Waals surface area (Å²) in [4.78, 5) is 12.3. The molecule has 0 saturated heterocycles. The van der Waals surface area contributed by atoms with Crippen LogP contribution in [0.15, 0.2) is 23.1 Å². The molecule has 16 heavy (non-hydrogen) atoms. The summed E-state index contributed by atoms with van der Waals surface area (Å²) in [6, 6.07) is 6.38. The highest BCUT2D eigenvalue weighted by Gasteiger charge is 2.47. The van der Waals surface area contributed by atoms with Crippen LogP contribution in [-0.4, -0.2) is 16.8 Å². The molecule has 2 nitrogen and oxygen atoms in total. The highest BCUT2D eigenvalue weighted by Crippen LogP contribution is 2.54. The largest absolute Gasteiger partial charge is 0.481 e. The summed E-state index contributed by atoms with van der Waals surface area (Å²) in [5, 5.41) is 8.99. The van der Waals surface area contributed by atoms with E-state index in [1.165, 1.54) is 16.0 Å². The van der Waals surface area contributed by atoms with E-state index in [1.54, 1.807) is 0 Å². The lowest BCUT2D eigenvalue weighted by Gasteiger charge is -2.17. The average Bonchev–Trinajstić information content (AvgIpc) is 2.85. The van der Waals surface area contributed by atoms with Gasteiger partial charge in [-0.15, -0.1) is 11.8 Å². The maximum atomic E-state index is 10.9. The molecule has 1 aromatic rings. The molecule has 0 atom stereocenters. The molecule has 1 aliphatic carbocycles. The smallest absolute Gasteiger partial charge is 0.304 e. The van der Waals surface area contributed by atoms with Crippen molar-refractivity contribution in [3.05, 3.63) is 29.3 Å². The number of aliphatic carboxylic acids is 1. The number of hydrogen-bond acceptors (Lipinski definition) is 2. The third-order valence-electron chi connectivity index (χ3n) is 3.66. The maximum Gasteiger partial charge on any atom is 0.304 e. The molecule has 1 aliphatic heterocycles. The minimum atomic E-state index is -0.666. The van der Waals surface area contributed by atoms with Crippen LogP contribution in [0.25, 0.3) is 0 Å². The second-order valence-corrected chi connectivity index (χ2v) is 5.87. The summed E-state index contributed by atoms with van der Waals surface area (Å²) < 4.78 is 0. The highest BCUT2D eigenvalue weighted by atomic mass is 32.2. The van der Waals surface area contributed by atoms with Crippen molar-refractivity contribution in [3.63, 3.8) is 0 Å². The summed E-state index contributed by atoms with van der Waals surface area (Å²) in [7, 11) is 0. The first-order valence-corrected chi connectivity index (χ1v) is 6.67. The second kappa shape index (κ2) is 3.52. The van der Waals surface area contributed by atoms with Gasteiger partial charge in [0.1, 0.15) is 0 Å². The van der Waals surface area contributed by atoms with E-state index in [0.717, 1.165) is 25.0 Å². The molecule has 1 heterocycles. The molecule has 1 N–H and O–H groups in total. The van der Waals surface area contributed by atoms with Crippen molar-refractivity contribution in [2.75, 3.05) is 5.75 Å². The lowest BCUT2D eigenvalue weighted by Crippen LogP contribution is -2.15. The molecule has 0 spiro atoms. The number of carbonyl (C=O) groups is 1. The summed E-state index contributed by atoms with van der Waals surface area (Å²) >= 11 is 1.90. The van der Waals surface area contributed by atoms with Crippen molar-refractivity contribution in [2.24, 2.45) is 0 Å². The van der Waals surface area contributed by atoms with Crippen LogP contribution in [0.2, 0.25) is 0 Å². The quantitative estimate of drug-likeness (QED) is 0.873. The van der Waals surface area contributed by atoms with Gasteiger partial charge >= 0.3 is 5.97 Å². The van der Waals surface area contributed by atoms with E-state index in [9.17, 15) is 4.79 Å². The van der Waals surface area contributed by atoms with Crippen molar-refractivity contribution >= 4 is 17.7 Å². The first kappa shape index (κ1) is 10.2. The predicted octanol–water partition coefficient (Wildman–Crippen LogP) is 2.84. The zero-order valence-electron chi connectivity index (χ0n) is 9.03. The molecule has 84 valence electrons. The van der Waals surface area contributed by atoms with Crippen LogP contribution in [0.1, 0.15) is 30.4 Å². The molecule has 3 heteroatoms. The molecule has 0 bridgehead atoms. The van der Waals surface area contributed by atoms with Gasteiger partial charge in [0, 0.05) is 16.1 Å². The van der Waals surface area contributed by atoms with E-state index < -0.39 is 5.97 Å². The lowest BCUT2D eigenvalue weighted by molar-refractivity contribution is -0.137. The third-order valence-corrected chi connectivity index (χ3v) is 4.76. The number of rotatable bonds is 3. The molecular weight excluding hydrogens is 220 g/mol. The van der Waals surface area contributed by atoms with Crippen LogP contribution < -0.4 is 0 Å². The Morgan fingerprint density at radius 2 is 2.25 bits per heavy atom. The van der Waals surface area contributed by atoms with E-state index in [4.69, 9.17) is 5.11 Å². The predicted molar refractivity (Wildman–Crippen MR) is 64.0 cm³/mol. The Bertz CT molecular complexity index is 449. The molecular formula is C13H14O2S. The fraction of sp³-hybridized carbons (Fsp3) is 0.462. The number of benzene rings is 1. The van der Waals surface area contributed by atoms with Gasteiger partial charge < -0.3 is 5.11 Å². The first-order chi connectivity index (χ1) is 7.71. The van der Waals surface area contributed by atoms with E-state index in [0.29, 0.717) is 6.42 Å². The molecule has 0 radical (unpaired) electrons. The van der Waals surface area contributed by atoms with Gasteiger partial charge in [-0.25, -0.2) is 0 Å². The maximum absolute atomic E-state index is 10.9. The Hall–Kier alpha value is -0.960.